The van der Waals surface area contributed by atoms with E-state index in [1.165, 1.54) is 18.6 Å². The number of hydrogen-bond acceptors (Lipinski definition) is 5. The molecule has 106 valence electrons. The molecule has 1 aliphatic carbocycles. The lowest BCUT2D eigenvalue weighted by Crippen LogP contribution is -2.36. The maximum absolute atomic E-state index is 11.0. The minimum atomic E-state index is -0.523. The first kappa shape index (κ1) is 14.3. The van der Waals surface area contributed by atoms with Crippen LogP contribution < -0.4 is 11.1 Å². The van der Waals surface area contributed by atoms with Gasteiger partial charge in [0.15, 0.2) is 0 Å². The van der Waals surface area contributed by atoms with Gasteiger partial charge in [-0.25, -0.2) is 0 Å². The number of rotatable bonds is 4. The second-order valence-electron chi connectivity index (χ2n) is 5.13. The molecule has 1 fully saturated rings. The summed E-state index contributed by atoms with van der Waals surface area (Å²) in [4.78, 5) is 10.4. The van der Waals surface area contributed by atoms with E-state index in [0.717, 1.165) is 19.3 Å². The van der Waals surface area contributed by atoms with Crippen LogP contribution in [-0.2, 0) is 0 Å². The van der Waals surface area contributed by atoms with Gasteiger partial charge in [-0.3, -0.25) is 10.1 Å². The Hall–Kier alpha value is -2.13. The number of nitrogens with two attached hydrogens (primary N) is 1. The number of nitrogens with zero attached hydrogens (tertiary/aromatic N) is 2. The lowest BCUT2D eigenvalue weighted by Gasteiger charge is -2.32. The summed E-state index contributed by atoms with van der Waals surface area (Å²) in [5.41, 5.74) is 6.39. The molecule has 0 aliphatic heterocycles. The van der Waals surface area contributed by atoms with E-state index in [4.69, 9.17) is 11.0 Å². The summed E-state index contributed by atoms with van der Waals surface area (Å²) in [6.07, 6.45) is 4.45. The zero-order chi connectivity index (χ0) is 14.5. The molecule has 6 nitrogen and oxygen atoms in total. The summed E-state index contributed by atoms with van der Waals surface area (Å²) < 4.78 is 0. The van der Waals surface area contributed by atoms with Gasteiger partial charge in [0.1, 0.15) is 11.6 Å². The number of hydrogen-bond donors (Lipinski definition) is 2. The molecule has 2 atom stereocenters. The van der Waals surface area contributed by atoms with Gasteiger partial charge < -0.3 is 11.1 Å². The maximum Gasteiger partial charge on any atom is 0.289 e. The van der Waals surface area contributed by atoms with Crippen LogP contribution in [0.3, 0.4) is 0 Å². The summed E-state index contributed by atoms with van der Waals surface area (Å²) in [5.74, 6) is 0.401. The fourth-order valence-corrected chi connectivity index (χ4v) is 2.76. The first-order valence-electron chi connectivity index (χ1n) is 6.81. The molecule has 0 bridgehead atoms. The highest BCUT2D eigenvalue weighted by molar-refractivity contribution is 5.59. The van der Waals surface area contributed by atoms with E-state index >= 15 is 0 Å². The molecule has 6 heteroatoms. The van der Waals surface area contributed by atoms with Crippen molar-refractivity contribution >= 4 is 11.4 Å². The zero-order valence-electron chi connectivity index (χ0n) is 11.2. The van der Waals surface area contributed by atoms with Crippen molar-refractivity contribution in [2.45, 2.75) is 31.7 Å². The van der Waals surface area contributed by atoms with E-state index in [0.29, 0.717) is 18.2 Å². The Balaban J connectivity index is 2.19. The summed E-state index contributed by atoms with van der Waals surface area (Å²) >= 11 is 0. The van der Waals surface area contributed by atoms with E-state index in [1.54, 1.807) is 6.07 Å². The lowest BCUT2D eigenvalue weighted by atomic mass is 9.84. The molecule has 1 saturated carbocycles. The van der Waals surface area contributed by atoms with Gasteiger partial charge in [0.2, 0.25) is 0 Å². The Morgan fingerprint density at radius 3 is 2.85 bits per heavy atom. The third-order valence-electron chi connectivity index (χ3n) is 3.88. The summed E-state index contributed by atoms with van der Waals surface area (Å²) in [5, 5.41) is 23.2. The van der Waals surface area contributed by atoms with Crippen LogP contribution in [0, 0.1) is 27.4 Å². The largest absolute Gasteiger partial charge is 0.382 e. The molecular weight excluding hydrogens is 256 g/mol. The van der Waals surface area contributed by atoms with E-state index in [9.17, 15) is 10.1 Å². The van der Waals surface area contributed by atoms with Crippen molar-refractivity contribution in [2.75, 3.05) is 11.9 Å². The van der Waals surface area contributed by atoms with Crippen molar-refractivity contribution in [3.63, 3.8) is 0 Å². The Kier molecular flexibility index (Phi) is 4.53. The van der Waals surface area contributed by atoms with Crippen molar-refractivity contribution in [3.05, 3.63) is 33.9 Å². The third-order valence-corrected chi connectivity index (χ3v) is 3.88. The topological polar surface area (TPSA) is 105 Å². The van der Waals surface area contributed by atoms with E-state index in [1.807, 2.05) is 6.07 Å². The molecule has 1 aromatic rings. The Bertz CT molecular complexity index is 538. The highest BCUT2D eigenvalue weighted by Gasteiger charge is 2.24. The average molecular weight is 274 g/mol. The fourth-order valence-electron chi connectivity index (χ4n) is 2.76. The Morgan fingerprint density at radius 1 is 1.45 bits per heavy atom. The van der Waals surface area contributed by atoms with E-state index in [-0.39, 0.29) is 17.3 Å². The quantitative estimate of drug-likeness (QED) is 0.647. The van der Waals surface area contributed by atoms with Gasteiger partial charge >= 0.3 is 0 Å². The normalized spacial score (nSPS) is 22.0. The van der Waals surface area contributed by atoms with Gasteiger partial charge in [-0.2, -0.15) is 5.26 Å². The third kappa shape index (κ3) is 3.06. The van der Waals surface area contributed by atoms with Crippen molar-refractivity contribution in [3.8, 4) is 6.07 Å². The molecule has 0 spiro atoms. The highest BCUT2D eigenvalue weighted by atomic mass is 16.6. The maximum atomic E-state index is 11.0. The summed E-state index contributed by atoms with van der Waals surface area (Å²) in [7, 11) is 0. The predicted octanol–water partition coefficient (Wildman–Crippen LogP) is 2.40. The molecule has 1 aromatic carbocycles. The van der Waals surface area contributed by atoms with Gasteiger partial charge in [-0.1, -0.05) is 12.8 Å². The van der Waals surface area contributed by atoms with E-state index in [2.05, 4.69) is 5.32 Å². The second-order valence-corrected chi connectivity index (χ2v) is 5.13. The van der Waals surface area contributed by atoms with Crippen LogP contribution in [-0.4, -0.2) is 17.5 Å². The van der Waals surface area contributed by atoms with Gasteiger partial charge in [-0.15, -0.1) is 0 Å². The smallest absolute Gasteiger partial charge is 0.289 e. The number of nitro benzene ring substituents is 1. The SMILES string of the molecule is N#Cc1ccc(NC2CCCCC2CN)cc1[N+](=O)[O-]. The second kappa shape index (κ2) is 6.35. The summed E-state index contributed by atoms with van der Waals surface area (Å²) in [6, 6.07) is 6.72. The Morgan fingerprint density at radius 2 is 2.20 bits per heavy atom. The van der Waals surface area contributed by atoms with E-state index < -0.39 is 4.92 Å². The Labute approximate surface area is 117 Å². The molecule has 0 heterocycles. The van der Waals surface area contributed by atoms with Crippen LogP contribution in [0.4, 0.5) is 11.4 Å². The van der Waals surface area contributed by atoms with Gasteiger partial charge in [-0.05, 0) is 37.4 Å². The van der Waals surface area contributed by atoms with Crippen LogP contribution in [0.5, 0.6) is 0 Å². The first-order valence-corrected chi connectivity index (χ1v) is 6.81. The molecule has 2 unspecified atom stereocenters. The molecule has 2 rings (SSSR count). The average Bonchev–Trinajstić information content (AvgIpc) is 2.47. The molecule has 0 amide bonds. The molecule has 0 radical (unpaired) electrons. The highest BCUT2D eigenvalue weighted by Crippen LogP contribution is 2.29. The fraction of sp³-hybridized carbons (Fsp3) is 0.500. The number of nitrogens with one attached hydrogen (secondary N) is 1. The van der Waals surface area contributed by atoms with Crippen molar-refractivity contribution in [2.24, 2.45) is 11.7 Å². The van der Waals surface area contributed by atoms with Crippen LogP contribution >= 0.6 is 0 Å². The van der Waals surface area contributed by atoms with Crippen molar-refractivity contribution < 1.29 is 4.92 Å². The van der Waals surface area contributed by atoms with Gasteiger partial charge in [0, 0.05) is 17.8 Å². The standard InChI is InChI=1S/C14H18N4O2/c15-8-10-3-1-2-4-13(10)17-12-6-5-11(9-16)14(7-12)18(19)20/h5-7,10,13,17H,1-4,8,15H2. The van der Waals surface area contributed by atoms with Crippen LogP contribution in [0.25, 0.3) is 0 Å². The molecule has 1 aliphatic rings. The molecular formula is C14H18N4O2. The molecule has 0 aromatic heterocycles. The molecule has 0 saturated heterocycles. The van der Waals surface area contributed by atoms with Gasteiger partial charge in [0.25, 0.3) is 5.69 Å². The lowest BCUT2D eigenvalue weighted by molar-refractivity contribution is -0.385. The van der Waals surface area contributed by atoms with Crippen LogP contribution in [0.1, 0.15) is 31.2 Å². The minimum absolute atomic E-state index is 0.0829. The molecule has 3 N–H and O–H groups in total. The first-order chi connectivity index (χ1) is 9.65. The number of benzene rings is 1. The number of nitro groups is 1. The van der Waals surface area contributed by atoms with Crippen LogP contribution in [0.15, 0.2) is 18.2 Å². The molecule has 20 heavy (non-hydrogen) atoms. The minimum Gasteiger partial charge on any atom is -0.382 e. The van der Waals surface area contributed by atoms with Crippen molar-refractivity contribution in [1.82, 2.24) is 0 Å². The predicted molar refractivity (Wildman–Crippen MR) is 76.2 cm³/mol. The number of nitriles is 1. The van der Waals surface area contributed by atoms with Gasteiger partial charge in [0.05, 0.1) is 4.92 Å². The van der Waals surface area contributed by atoms with Crippen molar-refractivity contribution in [1.29, 1.82) is 5.26 Å². The van der Waals surface area contributed by atoms with Crippen LogP contribution in [0.2, 0.25) is 0 Å². The monoisotopic (exact) mass is 274 g/mol. The zero-order valence-corrected chi connectivity index (χ0v) is 11.2. The summed E-state index contributed by atoms with van der Waals surface area (Å²) in [6.45, 7) is 0.621. The number of anilines is 1.